The van der Waals surface area contributed by atoms with Crippen LogP contribution >= 0.6 is 0 Å². The summed E-state index contributed by atoms with van der Waals surface area (Å²) in [6.45, 7) is 3.71. The average Bonchev–Trinajstić information content (AvgIpc) is 2.81. The van der Waals surface area contributed by atoms with E-state index in [1.807, 2.05) is 0 Å². The van der Waals surface area contributed by atoms with Crippen molar-refractivity contribution in [2.45, 2.75) is 13.8 Å². The van der Waals surface area contributed by atoms with Crippen LogP contribution in [0.4, 0.5) is 0 Å². The van der Waals surface area contributed by atoms with Crippen LogP contribution in [-0.4, -0.2) is 29.8 Å². The van der Waals surface area contributed by atoms with Gasteiger partial charge < -0.3 is 14.0 Å². The van der Waals surface area contributed by atoms with Gasteiger partial charge >= 0.3 is 5.97 Å². The Morgan fingerprint density at radius 2 is 2.26 bits per heavy atom. The highest BCUT2D eigenvalue weighted by molar-refractivity contribution is 5.97. The minimum Gasteiger partial charge on any atom is -0.481 e. The van der Waals surface area contributed by atoms with Crippen molar-refractivity contribution in [2.75, 3.05) is 13.7 Å². The number of esters is 1. The van der Waals surface area contributed by atoms with E-state index >= 15 is 0 Å². The first-order valence-corrected chi connectivity index (χ1v) is 5.81. The quantitative estimate of drug-likeness (QED) is 0.786. The molecule has 0 N–H and O–H groups in total. The molecule has 0 saturated heterocycles. The van der Waals surface area contributed by atoms with Crippen molar-refractivity contribution in [3.63, 3.8) is 0 Å². The second-order valence-electron chi connectivity index (χ2n) is 3.77. The number of carbonyl (C=O) groups excluding carboxylic acids is 1. The van der Waals surface area contributed by atoms with Crippen molar-refractivity contribution in [3.8, 4) is 17.1 Å². The smallest absolute Gasteiger partial charge is 0.344 e. The molecular formula is C13H14N2O4. The minimum atomic E-state index is -0.452. The summed E-state index contributed by atoms with van der Waals surface area (Å²) in [5.74, 6) is 0.407. The van der Waals surface area contributed by atoms with Gasteiger partial charge in [-0.3, -0.25) is 0 Å². The molecule has 0 saturated carbocycles. The molecule has 0 aromatic carbocycles. The van der Waals surface area contributed by atoms with Gasteiger partial charge in [-0.15, -0.1) is 0 Å². The molecule has 19 heavy (non-hydrogen) atoms. The fourth-order valence-corrected chi connectivity index (χ4v) is 1.68. The molecule has 2 aromatic rings. The number of hydrogen-bond donors (Lipinski definition) is 0. The standard InChI is InChI=1S/C13H14N2O4/c1-4-18-13(16)11-8(2)19-15-12(11)9-5-6-14-10(7-9)17-3/h5-7H,4H2,1-3H3. The van der Waals surface area contributed by atoms with Gasteiger partial charge in [-0.1, -0.05) is 5.16 Å². The van der Waals surface area contributed by atoms with E-state index in [2.05, 4.69) is 10.1 Å². The summed E-state index contributed by atoms with van der Waals surface area (Å²) < 4.78 is 15.1. The topological polar surface area (TPSA) is 74.5 Å². The summed E-state index contributed by atoms with van der Waals surface area (Å²) in [6.07, 6.45) is 1.58. The van der Waals surface area contributed by atoms with Gasteiger partial charge in [0, 0.05) is 17.8 Å². The summed E-state index contributed by atoms with van der Waals surface area (Å²) >= 11 is 0. The number of pyridine rings is 1. The van der Waals surface area contributed by atoms with Crippen molar-refractivity contribution in [1.82, 2.24) is 10.1 Å². The third-order valence-electron chi connectivity index (χ3n) is 2.56. The second-order valence-corrected chi connectivity index (χ2v) is 3.77. The first-order valence-electron chi connectivity index (χ1n) is 5.81. The van der Waals surface area contributed by atoms with Crippen LogP contribution in [0, 0.1) is 6.92 Å². The van der Waals surface area contributed by atoms with Crippen LogP contribution in [0.25, 0.3) is 11.3 Å². The molecule has 0 bridgehead atoms. The van der Waals surface area contributed by atoms with E-state index in [0.717, 1.165) is 0 Å². The minimum absolute atomic E-state index is 0.294. The zero-order valence-electron chi connectivity index (χ0n) is 11.0. The number of nitrogens with zero attached hydrogens (tertiary/aromatic N) is 2. The number of ether oxygens (including phenoxy) is 2. The van der Waals surface area contributed by atoms with Crippen LogP contribution < -0.4 is 4.74 Å². The Morgan fingerprint density at radius 3 is 2.95 bits per heavy atom. The van der Waals surface area contributed by atoms with Crippen molar-refractivity contribution in [2.24, 2.45) is 0 Å². The Bertz CT molecular complexity index is 592. The maximum atomic E-state index is 11.9. The highest BCUT2D eigenvalue weighted by Crippen LogP contribution is 2.27. The average molecular weight is 262 g/mol. The summed E-state index contributed by atoms with van der Waals surface area (Å²) in [4.78, 5) is 15.9. The van der Waals surface area contributed by atoms with Crippen LogP contribution in [0.2, 0.25) is 0 Å². The van der Waals surface area contributed by atoms with Gasteiger partial charge in [-0.05, 0) is 19.9 Å². The summed E-state index contributed by atoms with van der Waals surface area (Å²) in [7, 11) is 1.52. The molecule has 0 aliphatic carbocycles. The molecule has 0 aliphatic heterocycles. The number of aryl methyl sites for hydroxylation is 1. The molecule has 6 nitrogen and oxygen atoms in total. The van der Waals surface area contributed by atoms with Crippen LogP contribution in [0.3, 0.4) is 0 Å². The fraction of sp³-hybridized carbons (Fsp3) is 0.308. The van der Waals surface area contributed by atoms with Gasteiger partial charge in [0.1, 0.15) is 17.0 Å². The molecule has 0 unspecified atom stereocenters. The van der Waals surface area contributed by atoms with Gasteiger partial charge in [0.05, 0.1) is 13.7 Å². The molecule has 0 spiro atoms. The predicted molar refractivity (Wildman–Crippen MR) is 67.0 cm³/mol. The zero-order valence-corrected chi connectivity index (χ0v) is 11.0. The normalized spacial score (nSPS) is 10.3. The van der Waals surface area contributed by atoms with Crippen molar-refractivity contribution >= 4 is 5.97 Å². The van der Waals surface area contributed by atoms with Gasteiger partial charge in [0.25, 0.3) is 0 Å². The number of rotatable bonds is 4. The van der Waals surface area contributed by atoms with E-state index in [9.17, 15) is 4.79 Å². The number of hydrogen-bond acceptors (Lipinski definition) is 6. The van der Waals surface area contributed by atoms with E-state index in [0.29, 0.717) is 35.1 Å². The summed E-state index contributed by atoms with van der Waals surface area (Å²) in [5, 5.41) is 3.91. The summed E-state index contributed by atoms with van der Waals surface area (Å²) in [5.41, 5.74) is 1.44. The van der Waals surface area contributed by atoms with E-state index < -0.39 is 5.97 Å². The number of aromatic nitrogens is 2. The monoisotopic (exact) mass is 262 g/mol. The molecule has 100 valence electrons. The van der Waals surface area contributed by atoms with Gasteiger partial charge in [-0.25, -0.2) is 9.78 Å². The van der Waals surface area contributed by atoms with Crippen LogP contribution in [0.1, 0.15) is 23.0 Å². The largest absolute Gasteiger partial charge is 0.481 e. The molecule has 0 amide bonds. The Morgan fingerprint density at radius 1 is 1.47 bits per heavy atom. The lowest BCUT2D eigenvalue weighted by atomic mass is 10.1. The SMILES string of the molecule is CCOC(=O)c1c(-c2ccnc(OC)c2)noc1C. The highest BCUT2D eigenvalue weighted by Gasteiger charge is 2.22. The van der Waals surface area contributed by atoms with Gasteiger partial charge in [0.2, 0.25) is 5.88 Å². The zero-order chi connectivity index (χ0) is 13.8. The Kier molecular flexibility index (Phi) is 3.79. The first kappa shape index (κ1) is 13.1. The number of carbonyl (C=O) groups is 1. The van der Waals surface area contributed by atoms with Gasteiger partial charge in [-0.2, -0.15) is 0 Å². The third kappa shape index (κ3) is 2.57. The fourth-order valence-electron chi connectivity index (χ4n) is 1.68. The van der Waals surface area contributed by atoms with E-state index in [4.69, 9.17) is 14.0 Å². The first-order chi connectivity index (χ1) is 9.17. The van der Waals surface area contributed by atoms with Crippen molar-refractivity contribution in [1.29, 1.82) is 0 Å². The van der Waals surface area contributed by atoms with Crippen molar-refractivity contribution in [3.05, 3.63) is 29.7 Å². The molecule has 0 atom stereocenters. The van der Waals surface area contributed by atoms with Gasteiger partial charge in [0.15, 0.2) is 0 Å². The Balaban J connectivity index is 2.47. The highest BCUT2D eigenvalue weighted by atomic mass is 16.5. The molecule has 2 rings (SSSR count). The maximum Gasteiger partial charge on any atom is 0.344 e. The third-order valence-corrected chi connectivity index (χ3v) is 2.56. The molecule has 0 radical (unpaired) electrons. The molecule has 2 heterocycles. The Hall–Kier alpha value is -2.37. The van der Waals surface area contributed by atoms with Crippen LogP contribution in [-0.2, 0) is 4.74 Å². The lowest BCUT2D eigenvalue weighted by Gasteiger charge is -2.04. The molecule has 0 fully saturated rings. The molecular weight excluding hydrogens is 248 g/mol. The lowest BCUT2D eigenvalue weighted by Crippen LogP contribution is -2.06. The predicted octanol–water partition coefficient (Wildman–Crippen LogP) is 2.23. The second kappa shape index (κ2) is 5.51. The lowest BCUT2D eigenvalue weighted by molar-refractivity contribution is 0.0525. The summed E-state index contributed by atoms with van der Waals surface area (Å²) in [6, 6.07) is 3.41. The van der Waals surface area contributed by atoms with E-state index in [-0.39, 0.29) is 0 Å². The molecule has 6 heteroatoms. The van der Waals surface area contributed by atoms with Crippen LogP contribution in [0.5, 0.6) is 5.88 Å². The molecule has 0 aliphatic rings. The van der Waals surface area contributed by atoms with Crippen molar-refractivity contribution < 1.29 is 18.8 Å². The number of methoxy groups -OCH3 is 1. The van der Waals surface area contributed by atoms with Crippen LogP contribution in [0.15, 0.2) is 22.9 Å². The Labute approximate surface area is 110 Å². The molecule has 2 aromatic heterocycles. The van der Waals surface area contributed by atoms with E-state index in [1.54, 1.807) is 32.2 Å². The maximum absolute atomic E-state index is 11.9. The van der Waals surface area contributed by atoms with E-state index in [1.165, 1.54) is 7.11 Å².